The van der Waals surface area contributed by atoms with Crippen molar-refractivity contribution in [2.24, 2.45) is 11.7 Å². The van der Waals surface area contributed by atoms with E-state index in [4.69, 9.17) is 10.8 Å². The molecule has 0 heterocycles. The summed E-state index contributed by atoms with van der Waals surface area (Å²) in [5.74, 6) is -1.47. The van der Waals surface area contributed by atoms with Gasteiger partial charge in [-0.1, -0.05) is 6.42 Å². The van der Waals surface area contributed by atoms with Crippen LogP contribution in [0.1, 0.15) is 36.0 Å². The molecule has 1 aliphatic rings. The molecular weight excluding hydrogens is 324 g/mol. The van der Waals surface area contributed by atoms with Crippen LogP contribution in [-0.4, -0.2) is 23.0 Å². The van der Waals surface area contributed by atoms with Gasteiger partial charge in [-0.2, -0.15) is 0 Å². The van der Waals surface area contributed by atoms with Gasteiger partial charge in [-0.05, 0) is 53.4 Å². The standard InChI is InChI=1S/C14H17BrN2O3/c15-12-7-10(4-5-11(12)13(16)18)17-9-3-1-2-8(6-9)14(19)20/h4-5,7-9,17H,1-3,6H2,(H2,16,18)(H,19,20). The maximum atomic E-state index is 11.1. The van der Waals surface area contributed by atoms with Gasteiger partial charge in [0, 0.05) is 16.2 Å². The lowest BCUT2D eigenvalue weighted by Gasteiger charge is -2.28. The third kappa shape index (κ3) is 3.50. The Hall–Kier alpha value is -1.56. The first-order chi connectivity index (χ1) is 9.47. The summed E-state index contributed by atoms with van der Waals surface area (Å²) in [5.41, 5.74) is 6.54. The molecule has 2 rings (SSSR count). The number of hydrogen-bond donors (Lipinski definition) is 3. The number of carbonyl (C=O) groups is 2. The molecule has 1 saturated carbocycles. The summed E-state index contributed by atoms with van der Waals surface area (Å²) in [5, 5.41) is 12.4. The molecule has 1 aromatic rings. The third-order valence-corrected chi connectivity index (χ3v) is 4.28. The highest BCUT2D eigenvalue weighted by Crippen LogP contribution is 2.28. The Morgan fingerprint density at radius 1 is 1.35 bits per heavy atom. The van der Waals surface area contributed by atoms with Crippen LogP contribution in [0.5, 0.6) is 0 Å². The number of primary amides is 1. The molecule has 1 amide bonds. The SMILES string of the molecule is NC(=O)c1ccc(NC2CCCC(C(=O)O)C2)cc1Br. The van der Waals surface area contributed by atoms with E-state index in [-0.39, 0.29) is 12.0 Å². The van der Waals surface area contributed by atoms with Crippen molar-refractivity contribution in [2.75, 3.05) is 5.32 Å². The molecule has 5 nitrogen and oxygen atoms in total. The second-order valence-electron chi connectivity index (χ2n) is 5.10. The molecule has 1 aliphatic carbocycles. The molecule has 1 aromatic carbocycles. The summed E-state index contributed by atoms with van der Waals surface area (Å²) in [6.45, 7) is 0. The molecule has 0 aliphatic heterocycles. The normalized spacial score (nSPS) is 22.2. The second-order valence-corrected chi connectivity index (χ2v) is 5.96. The van der Waals surface area contributed by atoms with E-state index in [1.807, 2.05) is 0 Å². The van der Waals surface area contributed by atoms with Crippen LogP contribution in [0.25, 0.3) is 0 Å². The van der Waals surface area contributed by atoms with Crippen molar-refractivity contribution in [3.05, 3.63) is 28.2 Å². The van der Waals surface area contributed by atoms with Crippen molar-refractivity contribution in [3.8, 4) is 0 Å². The molecule has 0 bridgehead atoms. The quantitative estimate of drug-likeness (QED) is 0.785. The van der Waals surface area contributed by atoms with E-state index in [0.29, 0.717) is 16.5 Å². The monoisotopic (exact) mass is 340 g/mol. The average molecular weight is 341 g/mol. The predicted octanol–water partition coefficient (Wildman–Crippen LogP) is 2.60. The number of hydrogen-bond acceptors (Lipinski definition) is 3. The number of benzene rings is 1. The van der Waals surface area contributed by atoms with Crippen molar-refractivity contribution in [3.63, 3.8) is 0 Å². The van der Waals surface area contributed by atoms with E-state index >= 15 is 0 Å². The van der Waals surface area contributed by atoms with Crippen LogP contribution in [-0.2, 0) is 4.79 Å². The molecule has 1 fully saturated rings. The van der Waals surface area contributed by atoms with Crippen molar-refractivity contribution in [2.45, 2.75) is 31.7 Å². The van der Waals surface area contributed by atoms with Gasteiger partial charge in [0.25, 0.3) is 0 Å². The first kappa shape index (κ1) is 14.8. The summed E-state index contributed by atoms with van der Waals surface area (Å²) < 4.78 is 0.639. The predicted molar refractivity (Wildman–Crippen MR) is 79.7 cm³/mol. The number of aliphatic carboxylic acids is 1. The van der Waals surface area contributed by atoms with Gasteiger partial charge < -0.3 is 16.2 Å². The van der Waals surface area contributed by atoms with Crippen LogP contribution >= 0.6 is 15.9 Å². The van der Waals surface area contributed by atoms with Gasteiger partial charge in [-0.15, -0.1) is 0 Å². The Morgan fingerprint density at radius 3 is 2.70 bits per heavy atom. The molecule has 2 atom stereocenters. The maximum Gasteiger partial charge on any atom is 0.306 e. The van der Waals surface area contributed by atoms with Crippen molar-refractivity contribution >= 4 is 33.5 Å². The average Bonchev–Trinajstić information content (AvgIpc) is 2.38. The lowest BCUT2D eigenvalue weighted by molar-refractivity contribution is -0.142. The van der Waals surface area contributed by atoms with E-state index in [2.05, 4.69) is 21.2 Å². The van der Waals surface area contributed by atoms with Gasteiger partial charge in [0.2, 0.25) is 5.91 Å². The number of carboxylic acids is 1. The summed E-state index contributed by atoms with van der Waals surface area (Å²) >= 11 is 3.31. The number of amides is 1. The van der Waals surface area contributed by atoms with Crippen LogP contribution in [0, 0.1) is 5.92 Å². The Balaban J connectivity index is 2.04. The zero-order chi connectivity index (χ0) is 14.7. The van der Waals surface area contributed by atoms with Gasteiger partial charge in [-0.25, -0.2) is 0 Å². The molecule has 20 heavy (non-hydrogen) atoms. The highest BCUT2D eigenvalue weighted by Gasteiger charge is 2.26. The first-order valence-electron chi connectivity index (χ1n) is 6.56. The second kappa shape index (κ2) is 6.26. The highest BCUT2D eigenvalue weighted by atomic mass is 79.9. The van der Waals surface area contributed by atoms with Crippen LogP contribution in [0.2, 0.25) is 0 Å². The first-order valence-corrected chi connectivity index (χ1v) is 7.35. The fourth-order valence-electron chi connectivity index (χ4n) is 2.59. The summed E-state index contributed by atoms with van der Waals surface area (Å²) in [4.78, 5) is 22.2. The van der Waals surface area contributed by atoms with Crippen LogP contribution < -0.4 is 11.1 Å². The van der Waals surface area contributed by atoms with Crippen molar-refractivity contribution in [1.82, 2.24) is 0 Å². The number of carbonyl (C=O) groups excluding carboxylic acids is 1. The molecule has 0 radical (unpaired) electrons. The lowest BCUT2D eigenvalue weighted by Crippen LogP contribution is -2.30. The van der Waals surface area contributed by atoms with Gasteiger partial charge in [0.15, 0.2) is 0 Å². The van der Waals surface area contributed by atoms with Crippen LogP contribution in [0.4, 0.5) is 5.69 Å². The fraction of sp³-hybridized carbons (Fsp3) is 0.429. The zero-order valence-corrected chi connectivity index (χ0v) is 12.5. The molecule has 4 N–H and O–H groups in total. The Bertz CT molecular complexity index is 533. The molecule has 0 aromatic heterocycles. The minimum Gasteiger partial charge on any atom is -0.481 e. The summed E-state index contributed by atoms with van der Waals surface area (Å²) in [7, 11) is 0. The summed E-state index contributed by atoms with van der Waals surface area (Å²) in [6.07, 6.45) is 3.25. The van der Waals surface area contributed by atoms with Crippen molar-refractivity contribution in [1.29, 1.82) is 0 Å². The van der Waals surface area contributed by atoms with E-state index in [1.165, 1.54) is 0 Å². The topological polar surface area (TPSA) is 92.4 Å². The molecule has 0 saturated heterocycles. The molecule has 2 unspecified atom stereocenters. The Labute approximate surface area is 125 Å². The number of anilines is 1. The van der Waals surface area contributed by atoms with Gasteiger partial charge in [-0.3, -0.25) is 9.59 Å². The number of nitrogens with one attached hydrogen (secondary N) is 1. The maximum absolute atomic E-state index is 11.1. The van der Waals surface area contributed by atoms with Crippen LogP contribution in [0.3, 0.4) is 0 Å². The number of carboxylic acid groups (broad SMARTS) is 1. The number of rotatable bonds is 4. The highest BCUT2D eigenvalue weighted by molar-refractivity contribution is 9.10. The van der Waals surface area contributed by atoms with Gasteiger partial charge in [0.1, 0.15) is 0 Å². The van der Waals surface area contributed by atoms with E-state index in [9.17, 15) is 9.59 Å². The molecule has 6 heteroatoms. The number of nitrogens with two attached hydrogens (primary N) is 1. The zero-order valence-electron chi connectivity index (χ0n) is 10.9. The van der Waals surface area contributed by atoms with E-state index in [0.717, 1.165) is 24.9 Å². The lowest BCUT2D eigenvalue weighted by atomic mass is 9.85. The van der Waals surface area contributed by atoms with Gasteiger partial charge >= 0.3 is 5.97 Å². The molecule has 108 valence electrons. The smallest absolute Gasteiger partial charge is 0.306 e. The third-order valence-electron chi connectivity index (χ3n) is 3.63. The molecule has 0 spiro atoms. The number of halogens is 1. The van der Waals surface area contributed by atoms with E-state index in [1.54, 1.807) is 18.2 Å². The van der Waals surface area contributed by atoms with Crippen molar-refractivity contribution < 1.29 is 14.7 Å². The largest absolute Gasteiger partial charge is 0.481 e. The summed E-state index contributed by atoms with van der Waals surface area (Å²) in [6, 6.07) is 5.39. The minimum atomic E-state index is -0.721. The van der Waals surface area contributed by atoms with E-state index < -0.39 is 11.9 Å². The van der Waals surface area contributed by atoms with Crippen LogP contribution in [0.15, 0.2) is 22.7 Å². The Morgan fingerprint density at radius 2 is 2.10 bits per heavy atom. The Kier molecular flexibility index (Phi) is 4.65. The fourth-order valence-corrected chi connectivity index (χ4v) is 3.16. The minimum absolute atomic E-state index is 0.149. The van der Waals surface area contributed by atoms with Gasteiger partial charge in [0.05, 0.1) is 11.5 Å². The molecular formula is C14H17BrN2O3.